The first-order chi connectivity index (χ1) is 15.2. The number of carbonyl (C=O) groups is 1. The molecule has 32 heavy (non-hydrogen) atoms. The molecule has 168 valence electrons. The molecule has 0 saturated carbocycles. The average molecular weight is 539 g/mol. The summed E-state index contributed by atoms with van der Waals surface area (Å²) in [5.74, 6) is 1.34. The van der Waals surface area contributed by atoms with Crippen molar-refractivity contribution in [2.75, 3.05) is 12.4 Å². The van der Waals surface area contributed by atoms with Crippen molar-refractivity contribution in [3.8, 4) is 11.5 Å². The minimum atomic E-state index is -0.318. The number of amides is 1. The Balaban J connectivity index is 1.66. The topological polar surface area (TPSA) is 65.4 Å². The monoisotopic (exact) mass is 537 g/mol. The minimum Gasteiger partial charge on any atom is -0.493 e. The first-order valence-electron chi connectivity index (χ1n) is 9.75. The Morgan fingerprint density at radius 1 is 1.22 bits per heavy atom. The van der Waals surface area contributed by atoms with E-state index in [1.807, 2.05) is 38.1 Å². The number of ether oxygens (including phenoxy) is 2. The first kappa shape index (κ1) is 24.2. The summed E-state index contributed by atoms with van der Waals surface area (Å²) in [5.41, 5.74) is 1.66. The summed E-state index contributed by atoms with van der Waals surface area (Å²) in [4.78, 5) is 12.4. The number of methoxy groups -OCH3 is 1. The fourth-order valence-corrected chi connectivity index (χ4v) is 3.74. The Bertz CT molecular complexity index is 1150. The van der Waals surface area contributed by atoms with Crippen LogP contribution in [0.5, 0.6) is 11.5 Å². The summed E-state index contributed by atoms with van der Waals surface area (Å²) in [6.07, 6.45) is 4.92. The van der Waals surface area contributed by atoms with E-state index in [4.69, 9.17) is 32.7 Å². The molecule has 0 bridgehead atoms. The number of benzene rings is 2. The highest BCUT2D eigenvalue weighted by molar-refractivity contribution is 9.10. The summed E-state index contributed by atoms with van der Waals surface area (Å²) < 4.78 is 13.4. The Hall–Kier alpha value is -2.48. The van der Waals surface area contributed by atoms with Crippen LogP contribution in [0.25, 0.3) is 6.08 Å². The molecule has 3 aromatic rings. The van der Waals surface area contributed by atoms with Crippen molar-refractivity contribution in [1.82, 2.24) is 9.78 Å². The van der Waals surface area contributed by atoms with Crippen LogP contribution in [-0.2, 0) is 11.3 Å². The molecule has 1 heterocycles. The van der Waals surface area contributed by atoms with E-state index < -0.39 is 0 Å². The highest BCUT2D eigenvalue weighted by atomic mass is 79.9. The maximum Gasteiger partial charge on any atom is 0.249 e. The number of hydrogen-bond acceptors (Lipinski definition) is 4. The molecule has 0 spiro atoms. The van der Waals surface area contributed by atoms with E-state index in [1.165, 1.54) is 6.08 Å². The van der Waals surface area contributed by atoms with Crippen molar-refractivity contribution in [3.63, 3.8) is 0 Å². The summed E-state index contributed by atoms with van der Waals surface area (Å²) in [6.45, 7) is 4.33. The van der Waals surface area contributed by atoms with E-state index in [-0.39, 0.29) is 12.0 Å². The molecule has 3 rings (SSSR count). The Kier molecular flexibility index (Phi) is 8.23. The SMILES string of the molecule is COc1cc(/C=C/C(=O)Nc2nn(Cc3ccc(Cl)cc3Cl)cc2Br)ccc1OC(C)C. The normalized spacial score (nSPS) is 11.2. The lowest BCUT2D eigenvalue weighted by Gasteiger charge is -2.13. The molecular weight excluding hydrogens is 517 g/mol. The second kappa shape index (κ2) is 10.9. The van der Waals surface area contributed by atoms with Gasteiger partial charge in [0.15, 0.2) is 17.3 Å². The van der Waals surface area contributed by atoms with Crippen molar-refractivity contribution < 1.29 is 14.3 Å². The van der Waals surface area contributed by atoms with Gasteiger partial charge >= 0.3 is 0 Å². The number of nitrogens with one attached hydrogen (secondary N) is 1. The predicted molar refractivity (Wildman–Crippen MR) is 132 cm³/mol. The fraction of sp³-hybridized carbons (Fsp3) is 0.217. The van der Waals surface area contributed by atoms with Crippen LogP contribution in [0.3, 0.4) is 0 Å². The number of anilines is 1. The molecule has 0 aliphatic rings. The first-order valence-corrected chi connectivity index (χ1v) is 11.3. The van der Waals surface area contributed by atoms with Crippen LogP contribution in [0.15, 0.2) is 53.1 Å². The average Bonchev–Trinajstić information content (AvgIpc) is 3.07. The third kappa shape index (κ3) is 6.51. The van der Waals surface area contributed by atoms with Crippen LogP contribution >= 0.6 is 39.1 Å². The number of hydrogen-bond donors (Lipinski definition) is 1. The molecule has 6 nitrogen and oxygen atoms in total. The molecule has 0 unspecified atom stereocenters. The van der Waals surface area contributed by atoms with Gasteiger partial charge in [0.25, 0.3) is 0 Å². The van der Waals surface area contributed by atoms with Crippen LogP contribution in [0.4, 0.5) is 5.82 Å². The van der Waals surface area contributed by atoms with Gasteiger partial charge in [0.2, 0.25) is 5.91 Å². The fourth-order valence-electron chi connectivity index (χ4n) is 2.86. The molecule has 1 aromatic heterocycles. The number of carbonyl (C=O) groups excluding carboxylic acids is 1. The molecule has 0 aliphatic carbocycles. The smallest absolute Gasteiger partial charge is 0.249 e. The standard InChI is InChI=1S/C23H22BrCl2N3O3/c1-14(2)32-20-8-4-15(10-21(20)31-3)5-9-22(30)27-23-18(24)13-29(28-23)12-16-6-7-17(25)11-19(16)26/h4-11,13-14H,12H2,1-3H3,(H,27,28,30)/b9-5+. The van der Waals surface area contributed by atoms with Gasteiger partial charge in [0, 0.05) is 22.3 Å². The van der Waals surface area contributed by atoms with Crippen molar-refractivity contribution in [2.45, 2.75) is 26.5 Å². The molecular formula is C23H22BrCl2N3O3. The largest absolute Gasteiger partial charge is 0.493 e. The number of halogens is 3. The van der Waals surface area contributed by atoms with E-state index in [0.29, 0.717) is 38.4 Å². The molecule has 0 fully saturated rings. The Morgan fingerprint density at radius 3 is 2.69 bits per heavy atom. The lowest BCUT2D eigenvalue weighted by molar-refractivity contribution is -0.111. The maximum atomic E-state index is 12.4. The van der Waals surface area contributed by atoms with E-state index in [0.717, 1.165) is 11.1 Å². The molecule has 9 heteroatoms. The lowest BCUT2D eigenvalue weighted by atomic mass is 10.2. The number of aromatic nitrogens is 2. The second-order valence-electron chi connectivity index (χ2n) is 7.16. The summed E-state index contributed by atoms with van der Waals surface area (Å²) in [6, 6.07) is 10.8. The molecule has 0 saturated heterocycles. The van der Waals surface area contributed by atoms with Crippen molar-refractivity contribution >= 4 is 56.9 Å². The van der Waals surface area contributed by atoms with Gasteiger partial charge in [0.05, 0.1) is 24.2 Å². The molecule has 0 atom stereocenters. The van der Waals surface area contributed by atoms with E-state index in [1.54, 1.807) is 36.2 Å². The lowest BCUT2D eigenvalue weighted by Crippen LogP contribution is -2.10. The van der Waals surface area contributed by atoms with Crippen LogP contribution in [0, 0.1) is 0 Å². The van der Waals surface area contributed by atoms with Crippen LogP contribution in [0.2, 0.25) is 10.0 Å². The number of nitrogens with zero attached hydrogens (tertiary/aromatic N) is 2. The molecule has 0 aliphatic heterocycles. The van der Waals surface area contributed by atoms with E-state index in [2.05, 4.69) is 26.3 Å². The van der Waals surface area contributed by atoms with Gasteiger partial charge < -0.3 is 14.8 Å². The number of rotatable bonds is 8. The summed E-state index contributed by atoms with van der Waals surface area (Å²) in [5, 5.41) is 8.29. The van der Waals surface area contributed by atoms with Crippen molar-refractivity contribution in [1.29, 1.82) is 0 Å². The molecule has 0 radical (unpaired) electrons. The van der Waals surface area contributed by atoms with Crippen molar-refractivity contribution in [3.05, 3.63) is 74.3 Å². The van der Waals surface area contributed by atoms with Gasteiger partial charge in [-0.2, -0.15) is 5.10 Å². The third-order valence-electron chi connectivity index (χ3n) is 4.28. The third-order valence-corrected chi connectivity index (χ3v) is 5.45. The summed E-state index contributed by atoms with van der Waals surface area (Å²) >= 11 is 15.6. The van der Waals surface area contributed by atoms with Crippen LogP contribution in [0.1, 0.15) is 25.0 Å². The molecule has 2 aromatic carbocycles. The minimum absolute atomic E-state index is 0.0324. The Morgan fingerprint density at radius 2 is 2.00 bits per heavy atom. The van der Waals surface area contributed by atoms with Gasteiger partial charge in [-0.25, -0.2) is 0 Å². The molecule has 1 N–H and O–H groups in total. The Labute approximate surface area is 205 Å². The zero-order valence-electron chi connectivity index (χ0n) is 17.7. The summed E-state index contributed by atoms with van der Waals surface area (Å²) in [7, 11) is 1.58. The molecule has 1 amide bonds. The highest BCUT2D eigenvalue weighted by Crippen LogP contribution is 2.29. The van der Waals surface area contributed by atoms with Crippen molar-refractivity contribution in [2.24, 2.45) is 0 Å². The quantitative estimate of drug-likeness (QED) is 0.335. The van der Waals surface area contributed by atoms with E-state index >= 15 is 0 Å². The van der Waals surface area contributed by atoms with Crippen LogP contribution < -0.4 is 14.8 Å². The van der Waals surface area contributed by atoms with Gasteiger partial charge in [-0.3, -0.25) is 9.48 Å². The van der Waals surface area contributed by atoms with Crippen LogP contribution in [-0.4, -0.2) is 28.9 Å². The zero-order valence-corrected chi connectivity index (χ0v) is 20.8. The van der Waals surface area contributed by atoms with Gasteiger partial charge in [0.1, 0.15) is 0 Å². The van der Waals surface area contributed by atoms with Gasteiger partial charge in [-0.15, -0.1) is 0 Å². The van der Waals surface area contributed by atoms with Gasteiger partial charge in [-0.05, 0) is 71.2 Å². The van der Waals surface area contributed by atoms with Gasteiger partial charge in [-0.1, -0.05) is 35.3 Å². The highest BCUT2D eigenvalue weighted by Gasteiger charge is 2.11. The zero-order chi connectivity index (χ0) is 23.3. The van der Waals surface area contributed by atoms with E-state index in [9.17, 15) is 4.79 Å². The second-order valence-corrected chi connectivity index (χ2v) is 8.86. The predicted octanol–water partition coefficient (Wildman–Crippen LogP) is 6.45. The maximum absolute atomic E-state index is 12.4.